The average Bonchev–Trinajstić information content (AvgIpc) is 2.03. The first-order valence-electron chi connectivity index (χ1n) is 5.16. The molecule has 0 aromatic heterocycles. The Balaban J connectivity index is 0.00000169. The number of nitrogens with two attached hydrogens (primary N) is 1. The Morgan fingerprint density at radius 3 is 2.71 bits per heavy atom. The highest BCUT2D eigenvalue weighted by atomic mass is 35.5. The third kappa shape index (κ3) is 5.45. The van der Waals surface area contributed by atoms with E-state index in [2.05, 4.69) is 0 Å². The molecule has 0 aliphatic heterocycles. The molecule has 0 bridgehead atoms. The van der Waals surface area contributed by atoms with Crippen LogP contribution in [0.3, 0.4) is 0 Å². The Bertz CT molecular complexity index is 176. The molecule has 1 aliphatic rings. The number of rotatable bonds is 4. The molecule has 3 nitrogen and oxygen atoms in total. The highest BCUT2D eigenvalue weighted by Gasteiger charge is 2.18. The second-order valence-electron chi connectivity index (χ2n) is 4.08. The van der Waals surface area contributed by atoms with Crippen LogP contribution in [0.15, 0.2) is 0 Å². The topological polar surface area (TPSA) is 63.3 Å². The fraction of sp³-hybridized carbons (Fsp3) is 0.900. The molecule has 0 heterocycles. The summed E-state index contributed by atoms with van der Waals surface area (Å²) in [5, 5.41) is 8.47. The minimum absolute atomic E-state index is 0. The van der Waals surface area contributed by atoms with E-state index >= 15 is 0 Å². The Labute approximate surface area is 91.5 Å². The SMILES string of the molecule is Cl.NC1CCCC(CCCC(=O)O)C1. The Hall–Kier alpha value is -0.280. The van der Waals surface area contributed by atoms with Crippen LogP contribution in [0.2, 0.25) is 0 Å². The van der Waals surface area contributed by atoms with Crippen LogP contribution in [0.5, 0.6) is 0 Å². The van der Waals surface area contributed by atoms with Gasteiger partial charge in [-0.2, -0.15) is 0 Å². The van der Waals surface area contributed by atoms with Crippen molar-refractivity contribution in [3.05, 3.63) is 0 Å². The van der Waals surface area contributed by atoms with Gasteiger partial charge in [0.05, 0.1) is 0 Å². The maximum absolute atomic E-state index is 10.3. The Morgan fingerprint density at radius 2 is 2.14 bits per heavy atom. The van der Waals surface area contributed by atoms with E-state index in [4.69, 9.17) is 10.8 Å². The van der Waals surface area contributed by atoms with Gasteiger partial charge in [-0.05, 0) is 31.6 Å². The zero-order valence-corrected chi connectivity index (χ0v) is 9.26. The lowest BCUT2D eigenvalue weighted by molar-refractivity contribution is -0.137. The van der Waals surface area contributed by atoms with Crippen molar-refractivity contribution in [2.24, 2.45) is 11.7 Å². The molecular formula is C10H20ClNO2. The predicted octanol–water partition coefficient (Wildman–Crippen LogP) is 2.18. The van der Waals surface area contributed by atoms with E-state index in [1.165, 1.54) is 12.8 Å². The van der Waals surface area contributed by atoms with Crippen molar-refractivity contribution >= 4 is 18.4 Å². The molecule has 1 saturated carbocycles. The molecule has 0 spiro atoms. The minimum Gasteiger partial charge on any atom is -0.481 e. The van der Waals surface area contributed by atoms with Crippen molar-refractivity contribution in [2.45, 2.75) is 51.0 Å². The molecule has 0 amide bonds. The summed E-state index contributed by atoms with van der Waals surface area (Å²) in [5.74, 6) is 0.00297. The molecule has 1 aliphatic carbocycles. The van der Waals surface area contributed by atoms with E-state index in [1.54, 1.807) is 0 Å². The highest BCUT2D eigenvalue weighted by Crippen LogP contribution is 2.27. The molecule has 4 heteroatoms. The van der Waals surface area contributed by atoms with E-state index in [9.17, 15) is 4.79 Å². The summed E-state index contributed by atoms with van der Waals surface area (Å²) < 4.78 is 0. The van der Waals surface area contributed by atoms with Crippen molar-refractivity contribution in [3.63, 3.8) is 0 Å². The van der Waals surface area contributed by atoms with Crippen molar-refractivity contribution < 1.29 is 9.90 Å². The molecular weight excluding hydrogens is 202 g/mol. The summed E-state index contributed by atoms with van der Waals surface area (Å²) in [5.41, 5.74) is 5.84. The summed E-state index contributed by atoms with van der Waals surface area (Å²) in [6, 6.07) is 0.364. The van der Waals surface area contributed by atoms with Gasteiger partial charge < -0.3 is 10.8 Å². The van der Waals surface area contributed by atoms with Crippen LogP contribution in [0.1, 0.15) is 44.9 Å². The predicted molar refractivity (Wildman–Crippen MR) is 58.7 cm³/mol. The number of carboxylic acid groups (broad SMARTS) is 1. The van der Waals surface area contributed by atoms with Crippen molar-refractivity contribution in [2.75, 3.05) is 0 Å². The van der Waals surface area contributed by atoms with Gasteiger partial charge in [0.25, 0.3) is 0 Å². The van der Waals surface area contributed by atoms with Gasteiger partial charge in [0.1, 0.15) is 0 Å². The lowest BCUT2D eigenvalue weighted by atomic mass is 9.83. The number of hydrogen-bond acceptors (Lipinski definition) is 2. The molecule has 3 N–H and O–H groups in total. The average molecular weight is 222 g/mol. The lowest BCUT2D eigenvalue weighted by Gasteiger charge is -2.26. The lowest BCUT2D eigenvalue weighted by Crippen LogP contribution is -2.27. The molecule has 0 saturated heterocycles. The molecule has 0 aromatic carbocycles. The number of aliphatic carboxylic acids is 1. The first-order valence-corrected chi connectivity index (χ1v) is 5.16. The Kier molecular flexibility index (Phi) is 6.93. The molecule has 1 fully saturated rings. The third-order valence-electron chi connectivity index (χ3n) is 2.83. The van der Waals surface area contributed by atoms with Crippen LogP contribution in [0.25, 0.3) is 0 Å². The standard InChI is InChI=1S/C10H19NO2.ClH/c11-9-5-1-3-8(7-9)4-2-6-10(12)13;/h8-9H,1-7,11H2,(H,12,13);1H. The fourth-order valence-corrected chi connectivity index (χ4v) is 2.14. The van der Waals surface area contributed by atoms with Crippen LogP contribution in [0.4, 0.5) is 0 Å². The maximum atomic E-state index is 10.3. The summed E-state index contributed by atoms with van der Waals surface area (Å²) in [6.45, 7) is 0. The fourth-order valence-electron chi connectivity index (χ4n) is 2.14. The third-order valence-corrected chi connectivity index (χ3v) is 2.83. The molecule has 0 radical (unpaired) electrons. The Morgan fingerprint density at radius 1 is 1.43 bits per heavy atom. The summed E-state index contributed by atoms with van der Waals surface area (Å²) in [7, 11) is 0. The number of halogens is 1. The molecule has 2 atom stereocenters. The van der Waals surface area contributed by atoms with E-state index in [0.29, 0.717) is 18.4 Å². The second kappa shape index (κ2) is 7.07. The quantitative estimate of drug-likeness (QED) is 0.765. The largest absolute Gasteiger partial charge is 0.481 e. The van der Waals surface area contributed by atoms with Crippen molar-refractivity contribution in [3.8, 4) is 0 Å². The normalized spacial score (nSPS) is 26.6. The number of hydrogen-bond donors (Lipinski definition) is 2. The van der Waals surface area contributed by atoms with Gasteiger partial charge in [-0.1, -0.05) is 12.8 Å². The molecule has 84 valence electrons. The van der Waals surface area contributed by atoms with E-state index in [0.717, 1.165) is 25.7 Å². The summed E-state index contributed by atoms with van der Waals surface area (Å²) in [6.07, 6.45) is 6.87. The van der Waals surface area contributed by atoms with Crippen molar-refractivity contribution in [1.82, 2.24) is 0 Å². The van der Waals surface area contributed by atoms with Gasteiger partial charge in [0, 0.05) is 12.5 Å². The number of carbonyl (C=O) groups is 1. The van der Waals surface area contributed by atoms with Gasteiger partial charge in [-0.15, -0.1) is 12.4 Å². The first kappa shape index (κ1) is 13.7. The van der Waals surface area contributed by atoms with Crippen LogP contribution in [0, 0.1) is 5.92 Å². The maximum Gasteiger partial charge on any atom is 0.303 e. The monoisotopic (exact) mass is 221 g/mol. The molecule has 2 unspecified atom stereocenters. The molecule has 1 rings (SSSR count). The van der Waals surface area contributed by atoms with Gasteiger partial charge in [0.15, 0.2) is 0 Å². The van der Waals surface area contributed by atoms with Gasteiger partial charge in [-0.25, -0.2) is 0 Å². The van der Waals surface area contributed by atoms with Crippen LogP contribution >= 0.6 is 12.4 Å². The van der Waals surface area contributed by atoms with Gasteiger partial charge >= 0.3 is 5.97 Å². The molecule has 0 aromatic rings. The highest BCUT2D eigenvalue weighted by molar-refractivity contribution is 5.85. The van der Waals surface area contributed by atoms with E-state index in [1.807, 2.05) is 0 Å². The van der Waals surface area contributed by atoms with Crippen LogP contribution in [-0.2, 0) is 4.79 Å². The van der Waals surface area contributed by atoms with Crippen LogP contribution < -0.4 is 5.73 Å². The molecule has 14 heavy (non-hydrogen) atoms. The number of carboxylic acids is 1. The van der Waals surface area contributed by atoms with Crippen molar-refractivity contribution in [1.29, 1.82) is 0 Å². The smallest absolute Gasteiger partial charge is 0.303 e. The summed E-state index contributed by atoms with van der Waals surface area (Å²) in [4.78, 5) is 10.3. The second-order valence-corrected chi connectivity index (χ2v) is 4.08. The van der Waals surface area contributed by atoms with E-state index in [-0.39, 0.29) is 12.4 Å². The van der Waals surface area contributed by atoms with Gasteiger partial charge in [-0.3, -0.25) is 4.79 Å². The minimum atomic E-state index is -0.680. The summed E-state index contributed by atoms with van der Waals surface area (Å²) >= 11 is 0. The zero-order valence-electron chi connectivity index (χ0n) is 8.45. The van der Waals surface area contributed by atoms with Crippen LogP contribution in [-0.4, -0.2) is 17.1 Å². The van der Waals surface area contributed by atoms with Gasteiger partial charge in [0.2, 0.25) is 0 Å². The zero-order chi connectivity index (χ0) is 9.68. The van der Waals surface area contributed by atoms with E-state index < -0.39 is 5.97 Å². The first-order chi connectivity index (χ1) is 6.18.